The van der Waals surface area contributed by atoms with Gasteiger partial charge in [0, 0.05) is 16.9 Å². The summed E-state index contributed by atoms with van der Waals surface area (Å²) in [7, 11) is 0. The molecule has 0 saturated carbocycles. The molecule has 0 spiro atoms. The van der Waals surface area contributed by atoms with Gasteiger partial charge < -0.3 is 4.84 Å². The van der Waals surface area contributed by atoms with E-state index in [0.29, 0.717) is 12.3 Å². The average molecular weight is 406 g/mol. The fourth-order valence-electron chi connectivity index (χ4n) is 4.16. The molecule has 1 aliphatic rings. The van der Waals surface area contributed by atoms with Gasteiger partial charge in [-0.1, -0.05) is 20.3 Å². The minimum absolute atomic E-state index is 0.0339. The second-order valence-electron chi connectivity index (χ2n) is 7.77. The van der Waals surface area contributed by atoms with Crippen LogP contribution in [0.25, 0.3) is 10.6 Å². The van der Waals surface area contributed by atoms with E-state index in [9.17, 15) is 15.3 Å². The fraction of sp³-hybridized carbons (Fsp3) is 0.550. The number of nitrogens with zero attached hydrogens (tertiary/aromatic N) is 3. The van der Waals surface area contributed by atoms with Gasteiger partial charge in [-0.2, -0.15) is 0 Å². The number of thiazole rings is 1. The normalized spacial score (nSPS) is 21.5. The van der Waals surface area contributed by atoms with E-state index in [4.69, 9.17) is 0 Å². The molecular formula is C20H27N3O4S. The van der Waals surface area contributed by atoms with E-state index in [-0.39, 0.29) is 12.1 Å². The van der Waals surface area contributed by atoms with E-state index in [2.05, 4.69) is 36.7 Å². The van der Waals surface area contributed by atoms with E-state index < -0.39 is 5.09 Å². The van der Waals surface area contributed by atoms with Crippen LogP contribution >= 0.6 is 11.3 Å². The third-order valence-corrected chi connectivity index (χ3v) is 6.76. The maximum atomic E-state index is 10.8. The Hall–Kier alpha value is -2.19. The lowest BCUT2D eigenvalue weighted by molar-refractivity contribution is -0.757. The van der Waals surface area contributed by atoms with Crippen LogP contribution in [-0.2, 0) is 11.3 Å². The van der Waals surface area contributed by atoms with Gasteiger partial charge in [0.05, 0.1) is 16.9 Å². The molecule has 3 rings (SSSR count). The lowest BCUT2D eigenvalue weighted by atomic mass is 9.78. The Balaban J connectivity index is 1.87. The number of anilines is 1. The van der Waals surface area contributed by atoms with E-state index in [0.717, 1.165) is 51.7 Å². The second kappa shape index (κ2) is 8.05. The Bertz CT molecular complexity index is 869. The summed E-state index contributed by atoms with van der Waals surface area (Å²) in [4.78, 5) is 20.4. The molecule has 1 aliphatic heterocycles. The molecule has 0 fully saturated rings. The first-order chi connectivity index (χ1) is 13.2. The zero-order valence-electron chi connectivity index (χ0n) is 16.8. The highest BCUT2D eigenvalue weighted by atomic mass is 32.1. The molecule has 1 aromatic carbocycles. The molecule has 0 aliphatic carbocycles. The fourth-order valence-corrected chi connectivity index (χ4v) is 5.20. The molecule has 0 bridgehead atoms. The number of fused-ring (bicyclic) bond motifs is 1. The summed E-state index contributed by atoms with van der Waals surface area (Å²) in [5, 5.41) is 22.7. The molecule has 0 saturated heterocycles. The Labute approximate surface area is 169 Å². The molecule has 2 atom stereocenters. The van der Waals surface area contributed by atoms with Gasteiger partial charge in [-0.15, -0.1) is 21.5 Å². The molecule has 2 heterocycles. The van der Waals surface area contributed by atoms with Crippen molar-refractivity contribution < 1.29 is 15.1 Å². The molecule has 1 aromatic heterocycles. The van der Waals surface area contributed by atoms with E-state index in [1.54, 1.807) is 0 Å². The number of hydrogen-bond donors (Lipinski definition) is 1. The highest BCUT2D eigenvalue weighted by Gasteiger charge is 2.39. The summed E-state index contributed by atoms with van der Waals surface area (Å²) in [6.07, 6.45) is 3.32. The summed E-state index contributed by atoms with van der Waals surface area (Å²) in [6, 6.07) is 6.08. The van der Waals surface area contributed by atoms with Gasteiger partial charge in [0.15, 0.2) is 0 Å². The standard InChI is InChI=1S/C20H27N3O4S/c1-5-9-20(4)12-13(2)16-11-15(6-7-17(16)22(20)24)19-21-14(3)18(28-19)8-10-27-23(25)26/h6-7,11,13,24H,5,8-10,12H2,1-4H3. The molecule has 2 aromatic rings. The zero-order valence-corrected chi connectivity index (χ0v) is 17.6. The molecule has 0 radical (unpaired) electrons. The first-order valence-corrected chi connectivity index (χ1v) is 10.4. The number of benzene rings is 1. The Morgan fingerprint density at radius 1 is 1.50 bits per heavy atom. The molecule has 152 valence electrons. The van der Waals surface area contributed by atoms with Gasteiger partial charge in [-0.05, 0) is 56.4 Å². The first-order valence-electron chi connectivity index (χ1n) is 9.62. The smallest absolute Gasteiger partial charge is 0.294 e. The van der Waals surface area contributed by atoms with Crippen molar-refractivity contribution >= 4 is 17.0 Å². The molecule has 7 nitrogen and oxygen atoms in total. The lowest BCUT2D eigenvalue weighted by Crippen LogP contribution is -2.48. The highest BCUT2D eigenvalue weighted by Crippen LogP contribution is 2.45. The topological polar surface area (TPSA) is 88.7 Å². The van der Waals surface area contributed by atoms with Gasteiger partial charge in [0.1, 0.15) is 11.6 Å². The van der Waals surface area contributed by atoms with Crippen LogP contribution in [0.3, 0.4) is 0 Å². The van der Waals surface area contributed by atoms with Crippen molar-refractivity contribution in [2.24, 2.45) is 0 Å². The third-order valence-electron chi connectivity index (χ3n) is 5.50. The van der Waals surface area contributed by atoms with Crippen molar-refractivity contribution in [3.8, 4) is 10.6 Å². The molecule has 2 unspecified atom stereocenters. The van der Waals surface area contributed by atoms with Crippen molar-refractivity contribution in [1.82, 2.24) is 4.98 Å². The quantitative estimate of drug-likeness (QED) is 0.507. The van der Waals surface area contributed by atoms with E-state index in [1.807, 2.05) is 19.1 Å². The van der Waals surface area contributed by atoms with Gasteiger partial charge >= 0.3 is 0 Å². The monoisotopic (exact) mass is 405 g/mol. The first kappa shape index (κ1) is 20.5. The Morgan fingerprint density at radius 2 is 2.25 bits per heavy atom. The Morgan fingerprint density at radius 3 is 2.93 bits per heavy atom. The minimum atomic E-state index is -0.769. The molecule has 8 heteroatoms. The van der Waals surface area contributed by atoms with Crippen LogP contribution < -0.4 is 5.06 Å². The predicted octanol–water partition coefficient (Wildman–Crippen LogP) is 5.13. The average Bonchev–Trinajstić information content (AvgIpc) is 3.00. The summed E-state index contributed by atoms with van der Waals surface area (Å²) in [5.74, 6) is 0.337. The lowest BCUT2D eigenvalue weighted by Gasteiger charge is -2.45. The number of hydroxylamine groups is 1. The Kier molecular flexibility index (Phi) is 5.90. The van der Waals surface area contributed by atoms with Crippen molar-refractivity contribution in [3.05, 3.63) is 44.4 Å². The van der Waals surface area contributed by atoms with Crippen molar-refractivity contribution in [2.75, 3.05) is 11.7 Å². The molecular weight excluding hydrogens is 378 g/mol. The largest absolute Gasteiger partial charge is 0.314 e. The van der Waals surface area contributed by atoms with Gasteiger partial charge in [-0.25, -0.2) is 4.98 Å². The molecule has 1 N–H and O–H groups in total. The van der Waals surface area contributed by atoms with Crippen LogP contribution in [0.15, 0.2) is 18.2 Å². The van der Waals surface area contributed by atoms with Crippen LogP contribution in [-0.4, -0.2) is 27.4 Å². The van der Waals surface area contributed by atoms with Gasteiger partial charge in [0.2, 0.25) is 0 Å². The van der Waals surface area contributed by atoms with E-state index >= 15 is 0 Å². The van der Waals surface area contributed by atoms with Crippen molar-refractivity contribution in [3.63, 3.8) is 0 Å². The zero-order chi connectivity index (χ0) is 20.5. The van der Waals surface area contributed by atoms with Crippen LogP contribution in [0.2, 0.25) is 0 Å². The maximum Gasteiger partial charge on any atom is 0.294 e. The predicted molar refractivity (Wildman–Crippen MR) is 110 cm³/mol. The minimum Gasteiger partial charge on any atom is -0.314 e. The third kappa shape index (κ3) is 3.98. The second-order valence-corrected chi connectivity index (χ2v) is 8.86. The summed E-state index contributed by atoms with van der Waals surface area (Å²) in [6.45, 7) is 8.41. The number of aromatic nitrogens is 1. The number of aryl methyl sites for hydroxylation is 1. The van der Waals surface area contributed by atoms with Crippen LogP contribution in [0.1, 0.15) is 62.1 Å². The summed E-state index contributed by atoms with van der Waals surface area (Å²) >= 11 is 1.54. The summed E-state index contributed by atoms with van der Waals surface area (Å²) in [5.41, 5.74) is 3.63. The van der Waals surface area contributed by atoms with E-state index in [1.165, 1.54) is 16.4 Å². The number of rotatable bonds is 7. The van der Waals surface area contributed by atoms with Gasteiger partial charge in [-0.3, -0.25) is 10.3 Å². The molecule has 0 amide bonds. The number of hydrogen-bond acceptors (Lipinski definition) is 7. The van der Waals surface area contributed by atoms with Crippen LogP contribution in [0, 0.1) is 17.0 Å². The highest BCUT2D eigenvalue weighted by molar-refractivity contribution is 7.15. The van der Waals surface area contributed by atoms with Crippen molar-refractivity contribution in [1.29, 1.82) is 0 Å². The summed E-state index contributed by atoms with van der Waals surface area (Å²) < 4.78 is 0. The maximum absolute atomic E-state index is 10.8. The SMILES string of the molecule is CCCC1(C)CC(C)c2cc(-c3nc(C)c(CCO[N+](=O)[O-])s3)ccc2N1O. The molecule has 28 heavy (non-hydrogen) atoms. The van der Waals surface area contributed by atoms with Crippen LogP contribution in [0.5, 0.6) is 0 Å². The van der Waals surface area contributed by atoms with Gasteiger partial charge in [0.25, 0.3) is 5.09 Å². The van der Waals surface area contributed by atoms with Crippen LogP contribution in [0.4, 0.5) is 5.69 Å². The van der Waals surface area contributed by atoms with Crippen molar-refractivity contribution in [2.45, 2.75) is 64.8 Å².